The van der Waals surface area contributed by atoms with Crippen molar-refractivity contribution >= 4 is 5.97 Å². The van der Waals surface area contributed by atoms with Crippen LogP contribution in [0.15, 0.2) is 24.7 Å². The lowest BCUT2D eigenvalue weighted by Crippen LogP contribution is -2.03. The molecule has 0 bridgehead atoms. The van der Waals surface area contributed by atoms with Crippen LogP contribution >= 0.6 is 0 Å². The lowest BCUT2D eigenvalue weighted by atomic mass is 10.2. The largest absolute Gasteiger partial charge is 0.501 e. The van der Waals surface area contributed by atoms with Crippen LogP contribution in [0.2, 0.25) is 0 Å². The molecule has 0 saturated carbocycles. The number of carbonyl (C=O) groups excluding carboxylic acids is 1. The molecule has 0 aromatic heterocycles. The second-order valence-electron chi connectivity index (χ2n) is 2.02. The van der Waals surface area contributed by atoms with Gasteiger partial charge >= 0.3 is 5.97 Å². The van der Waals surface area contributed by atoms with E-state index in [1.165, 1.54) is 6.26 Å². The minimum absolute atomic E-state index is 0.402. The molecule has 0 atom stereocenters. The topological polar surface area (TPSA) is 35.5 Å². The highest BCUT2D eigenvalue weighted by Crippen LogP contribution is 2.03. The van der Waals surface area contributed by atoms with Crippen LogP contribution in [-0.2, 0) is 14.3 Å². The van der Waals surface area contributed by atoms with E-state index in [0.29, 0.717) is 18.6 Å². The van der Waals surface area contributed by atoms with Crippen molar-refractivity contribution in [1.82, 2.24) is 0 Å². The Kier molecular flexibility index (Phi) is 5.79. The fourth-order valence-corrected chi connectivity index (χ4v) is 0.611. The summed E-state index contributed by atoms with van der Waals surface area (Å²) in [4.78, 5) is 11.0. The Balaban J connectivity index is 4.12. The van der Waals surface area contributed by atoms with Gasteiger partial charge in [0, 0.05) is 0 Å². The third-order valence-electron chi connectivity index (χ3n) is 1.23. The number of esters is 1. The highest BCUT2D eigenvalue weighted by Gasteiger charge is 2.07. The fourth-order valence-electron chi connectivity index (χ4n) is 0.611. The van der Waals surface area contributed by atoms with Crippen molar-refractivity contribution in [3.05, 3.63) is 24.7 Å². The van der Waals surface area contributed by atoms with Crippen LogP contribution in [0.25, 0.3) is 0 Å². The molecule has 0 aromatic rings. The fraction of sp³-hybridized carbons (Fsp3) is 0.444. The zero-order valence-corrected chi connectivity index (χ0v) is 7.50. The molecule has 0 heterocycles. The summed E-state index contributed by atoms with van der Waals surface area (Å²) in [7, 11) is 0. The summed E-state index contributed by atoms with van der Waals surface area (Å²) in [6.07, 6.45) is 3.12. The zero-order valence-electron chi connectivity index (χ0n) is 7.50. The van der Waals surface area contributed by atoms with Gasteiger partial charge in [-0.15, -0.1) is 0 Å². The van der Waals surface area contributed by atoms with Gasteiger partial charge in [-0.25, -0.2) is 4.79 Å². The molecule has 0 aliphatic heterocycles. The summed E-state index contributed by atoms with van der Waals surface area (Å²) < 4.78 is 9.53. The SMILES string of the molecule is C=COC(=O)C(=COCC)CC. The van der Waals surface area contributed by atoms with E-state index in [4.69, 9.17) is 4.74 Å². The molecule has 0 spiro atoms. The van der Waals surface area contributed by atoms with E-state index in [0.717, 1.165) is 6.26 Å². The molecular weight excluding hydrogens is 156 g/mol. The van der Waals surface area contributed by atoms with Crippen molar-refractivity contribution in [1.29, 1.82) is 0 Å². The minimum atomic E-state index is -0.402. The van der Waals surface area contributed by atoms with Crippen molar-refractivity contribution in [2.24, 2.45) is 0 Å². The van der Waals surface area contributed by atoms with Gasteiger partial charge in [0.15, 0.2) is 0 Å². The molecule has 0 fully saturated rings. The van der Waals surface area contributed by atoms with Crippen LogP contribution in [0.5, 0.6) is 0 Å². The highest BCUT2D eigenvalue weighted by atomic mass is 16.5. The zero-order chi connectivity index (χ0) is 9.40. The first kappa shape index (κ1) is 10.8. The van der Waals surface area contributed by atoms with E-state index in [9.17, 15) is 4.79 Å². The lowest BCUT2D eigenvalue weighted by molar-refractivity contribution is -0.133. The summed E-state index contributed by atoms with van der Waals surface area (Å²) in [5, 5.41) is 0. The molecule has 12 heavy (non-hydrogen) atoms. The first-order valence-electron chi connectivity index (χ1n) is 3.88. The van der Waals surface area contributed by atoms with Crippen LogP contribution in [0.3, 0.4) is 0 Å². The quantitative estimate of drug-likeness (QED) is 0.359. The number of rotatable bonds is 5. The molecule has 3 heteroatoms. The summed E-state index contributed by atoms with van der Waals surface area (Å²) in [6.45, 7) is 7.54. The maximum Gasteiger partial charge on any atom is 0.341 e. The summed E-state index contributed by atoms with van der Waals surface area (Å²) >= 11 is 0. The first-order chi connectivity index (χ1) is 5.76. The molecule has 3 nitrogen and oxygen atoms in total. The normalized spacial score (nSPS) is 10.7. The van der Waals surface area contributed by atoms with E-state index in [2.05, 4.69) is 11.3 Å². The third kappa shape index (κ3) is 3.81. The van der Waals surface area contributed by atoms with Crippen molar-refractivity contribution in [3.8, 4) is 0 Å². The van der Waals surface area contributed by atoms with Gasteiger partial charge in [0.05, 0.1) is 24.7 Å². The Morgan fingerprint density at radius 1 is 1.50 bits per heavy atom. The van der Waals surface area contributed by atoms with Gasteiger partial charge in [0.25, 0.3) is 0 Å². The Hall–Kier alpha value is -1.25. The van der Waals surface area contributed by atoms with Gasteiger partial charge in [-0.2, -0.15) is 0 Å². The molecule has 0 radical (unpaired) electrons. The number of ether oxygens (including phenoxy) is 2. The standard InChI is InChI=1S/C9H14O3/c1-4-8(7-11-5-2)9(10)12-6-3/h6-7H,3-5H2,1-2H3. The molecule has 0 saturated heterocycles. The molecule has 0 rings (SSSR count). The molecule has 0 aliphatic carbocycles. The van der Waals surface area contributed by atoms with Crippen LogP contribution in [0, 0.1) is 0 Å². The Labute approximate surface area is 72.7 Å². The van der Waals surface area contributed by atoms with Crippen molar-refractivity contribution in [3.63, 3.8) is 0 Å². The van der Waals surface area contributed by atoms with Gasteiger partial charge in [-0.3, -0.25) is 0 Å². The molecule has 68 valence electrons. The molecule has 0 aromatic carbocycles. The van der Waals surface area contributed by atoms with Crippen LogP contribution in [0.1, 0.15) is 20.3 Å². The van der Waals surface area contributed by atoms with E-state index < -0.39 is 5.97 Å². The first-order valence-corrected chi connectivity index (χ1v) is 3.88. The minimum Gasteiger partial charge on any atom is -0.501 e. The average molecular weight is 170 g/mol. The van der Waals surface area contributed by atoms with Crippen LogP contribution in [0.4, 0.5) is 0 Å². The van der Waals surface area contributed by atoms with E-state index in [-0.39, 0.29) is 0 Å². The predicted molar refractivity (Wildman–Crippen MR) is 46.3 cm³/mol. The van der Waals surface area contributed by atoms with E-state index in [1.54, 1.807) is 0 Å². The van der Waals surface area contributed by atoms with Crippen LogP contribution in [-0.4, -0.2) is 12.6 Å². The van der Waals surface area contributed by atoms with Gasteiger partial charge in [-0.05, 0) is 13.3 Å². The van der Waals surface area contributed by atoms with Crippen LogP contribution < -0.4 is 0 Å². The van der Waals surface area contributed by atoms with Gasteiger partial charge in [0.2, 0.25) is 0 Å². The number of hydrogen-bond donors (Lipinski definition) is 0. The molecule has 0 aliphatic rings. The smallest absolute Gasteiger partial charge is 0.341 e. The molecule has 0 amide bonds. The van der Waals surface area contributed by atoms with Crippen molar-refractivity contribution in [2.75, 3.05) is 6.61 Å². The molecule has 0 N–H and O–H groups in total. The second-order valence-corrected chi connectivity index (χ2v) is 2.02. The van der Waals surface area contributed by atoms with Gasteiger partial charge in [0.1, 0.15) is 0 Å². The van der Waals surface area contributed by atoms with Gasteiger partial charge in [-0.1, -0.05) is 13.5 Å². The molecular formula is C9H14O3. The van der Waals surface area contributed by atoms with Crippen molar-refractivity contribution < 1.29 is 14.3 Å². The monoisotopic (exact) mass is 170 g/mol. The van der Waals surface area contributed by atoms with Gasteiger partial charge < -0.3 is 9.47 Å². The highest BCUT2D eigenvalue weighted by molar-refractivity contribution is 5.88. The average Bonchev–Trinajstić information content (AvgIpc) is 2.06. The maximum absolute atomic E-state index is 11.0. The predicted octanol–water partition coefficient (Wildman–Crippen LogP) is 2.00. The van der Waals surface area contributed by atoms with E-state index >= 15 is 0 Å². The number of hydrogen-bond acceptors (Lipinski definition) is 3. The maximum atomic E-state index is 11.0. The Morgan fingerprint density at radius 3 is 2.58 bits per heavy atom. The number of carbonyl (C=O) groups is 1. The summed E-state index contributed by atoms with van der Waals surface area (Å²) in [5.74, 6) is -0.402. The Morgan fingerprint density at radius 2 is 2.17 bits per heavy atom. The summed E-state index contributed by atoms with van der Waals surface area (Å²) in [6, 6.07) is 0. The summed E-state index contributed by atoms with van der Waals surface area (Å²) in [5.41, 5.74) is 0.511. The third-order valence-corrected chi connectivity index (χ3v) is 1.23. The van der Waals surface area contributed by atoms with E-state index in [1.807, 2.05) is 13.8 Å². The molecule has 0 unspecified atom stereocenters. The lowest BCUT2D eigenvalue weighted by Gasteiger charge is -2.01. The second kappa shape index (κ2) is 6.46. The Bertz CT molecular complexity index is 182. The van der Waals surface area contributed by atoms with Crippen molar-refractivity contribution in [2.45, 2.75) is 20.3 Å².